The highest BCUT2D eigenvalue weighted by Gasteiger charge is 2.37. The van der Waals surface area contributed by atoms with E-state index in [9.17, 15) is 8.42 Å². The van der Waals surface area contributed by atoms with Crippen LogP contribution < -0.4 is 5.73 Å². The van der Waals surface area contributed by atoms with E-state index >= 15 is 0 Å². The lowest BCUT2D eigenvalue weighted by Gasteiger charge is -2.38. The van der Waals surface area contributed by atoms with Crippen LogP contribution in [0, 0.1) is 5.92 Å². The summed E-state index contributed by atoms with van der Waals surface area (Å²) in [7, 11) is -3.54. The number of aromatic nitrogens is 2. The van der Waals surface area contributed by atoms with E-state index in [4.69, 9.17) is 10.5 Å². The molecule has 2 saturated heterocycles. The van der Waals surface area contributed by atoms with Gasteiger partial charge in [0, 0.05) is 38.5 Å². The van der Waals surface area contributed by atoms with Crippen LogP contribution >= 0.6 is 12.4 Å². The zero-order chi connectivity index (χ0) is 16.4. The molecule has 2 N–H and O–H groups in total. The van der Waals surface area contributed by atoms with Crippen LogP contribution in [0.4, 0.5) is 0 Å². The molecule has 0 bridgehead atoms. The molecule has 2 aliphatic rings. The van der Waals surface area contributed by atoms with Gasteiger partial charge in [0.25, 0.3) is 0 Å². The van der Waals surface area contributed by atoms with Crippen LogP contribution in [0.3, 0.4) is 0 Å². The predicted molar refractivity (Wildman–Crippen MR) is 93.7 cm³/mol. The zero-order valence-corrected chi connectivity index (χ0v) is 15.6. The molecule has 0 radical (unpaired) electrons. The third kappa shape index (κ3) is 3.77. The van der Waals surface area contributed by atoms with E-state index in [0.29, 0.717) is 26.3 Å². The number of sulfonamides is 1. The van der Waals surface area contributed by atoms with E-state index in [1.54, 1.807) is 15.2 Å². The van der Waals surface area contributed by atoms with Crippen molar-refractivity contribution in [3.05, 3.63) is 12.4 Å². The van der Waals surface area contributed by atoms with Crippen molar-refractivity contribution in [1.29, 1.82) is 0 Å². The monoisotopic (exact) mass is 378 g/mol. The zero-order valence-electron chi connectivity index (χ0n) is 14.0. The Morgan fingerprint density at radius 1 is 1.33 bits per heavy atom. The van der Waals surface area contributed by atoms with Crippen molar-refractivity contribution in [3.63, 3.8) is 0 Å². The number of hydrogen-bond donors (Lipinski definition) is 1. The number of ether oxygens (including phenoxy) is 1. The summed E-state index contributed by atoms with van der Waals surface area (Å²) >= 11 is 0. The van der Waals surface area contributed by atoms with Gasteiger partial charge in [0.1, 0.15) is 4.90 Å². The first-order chi connectivity index (χ1) is 11.0. The molecule has 24 heavy (non-hydrogen) atoms. The fraction of sp³-hybridized carbons (Fsp3) is 0.800. The summed E-state index contributed by atoms with van der Waals surface area (Å²) < 4.78 is 34.7. The van der Waals surface area contributed by atoms with Gasteiger partial charge in [-0.2, -0.15) is 9.40 Å². The van der Waals surface area contributed by atoms with Crippen molar-refractivity contribution < 1.29 is 13.2 Å². The standard InChI is InChI=1S/C15H26N4O3S.ClH/c1-12-3-2-6-19(15(12)9-16)23(20,21)14-10-17-18(11-14)13-4-7-22-8-5-13;/h10-13,15H,2-9,16H2,1H3;1H. The minimum absolute atomic E-state index is 0. The van der Waals surface area contributed by atoms with Crippen LogP contribution in [-0.4, -0.2) is 54.8 Å². The van der Waals surface area contributed by atoms with Crippen LogP contribution in [0.2, 0.25) is 0 Å². The Kier molecular flexibility index (Phi) is 6.66. The summed E-state index contributed by atoms with van der Waals surface area (Å²) in [5, 5.41) is 4.29. The van der Waals surface area contributed by atoms with Gasteiger partial charge in [0.2, 0.25) is 10.0 Å². The van der Waals surface area contributed by atoms with Gasteiger partial charge in [-0.1, -0.05) is 6.92 Å². The minimum Gasteiger partial charge on any atom is -0.381 e. The van der Waals surface area contributed by atoms with Crippen LogP contribution in [-0.2, 0) is 14.8 Å². The molecule has 9 heteroatoms. The number of halogens is 1. The molecular weight excluding hydrogens is 352 g/mol. The molecule has 0 aliphatic carbocycles. The van der Waals surface area contributed by atoms with Gasteiger partial charge < -0.3 is 10.5 Å². The third-order valence-corrected chi connectivity index (χ3v) is 6.93. The van der Waals surface area contributed by atoms with Crippen LogP contribution in [0.1, 0.15) is 38.6 Å². The topological polar surface area (TPSA) is 90.5 Å². The molecule has 2 unspecified atom stereocenters. The van der Waals surface area contributed by atoms with E-state index in [-0.39, 0.29) is 35.3 Å². The third-order valence-electron chi connectivity index (χ3n) is 5.06. The molecule has 2 fully saturated rings. The molecule has 0 amide bonds. The Morgan fingerprint density at radius 3 is 2.71 bits per heavy atom. The fourth-order valence-corrected chi connectivity index (χ4v) is 5.31. The van der Waals surface area contributed by atoms with Crippen molar-refractivity contribution >= 4 is 22.4 Å². The lowest BCUT2D eigenvalue weighted by molar-refractivity contribution is 0.0662. The maximum atomic E-state index is 13.0. The minimum atomic E-state index is -3.54. The second kappa shape index (κ2) is 8.14. The molecule has 0 spiro atoms. The van der Waals surface area contributed by atoms with Crippen molar-refractivity contribution in [1.82, 2.24) is 14.1 Å². The van der Waals surface area contributed by atoms with E-state index in [2.05, 4.69) is 12.0 Å². The maximum Gasteiger partial charge on any atom is 0.246 e. The van der Waals surface area contributed by atoms with Crippen LogP contribution in [0.15, 0.2) is 17.3 Å². The quantitative estimate of drug-likeness (QED) is 0.855. The first-order valence-corrected chi connectivity index (χ1v) is 9.82. The van der Waals surface area contributed by atoms with E-state index in [1.165, 1.54) is 6.20 Å². The average Bonchev–Trinajstić information content (AvgIpc) is 3.06. The van der Waals surface area contributed by atoms with Crippen LogP contribution in [0.25, 0.3) is 0 Å². The lowest BCUT2D eigenvalue weighted by atomic mass is 9.93. The summed E-state index contributed by atoms with van der Waals surface area (Å²) in [6, 6.07) is 0.0958. The van der Waals surface area contributed by atoms with Gasteiger partial charge in [-0.3, -0.25) is 4.68 Å². The van der Waals surface area contributed by atoms with Gasteiger partial charge in [-0.25, -0.2) is 8.42 Å². The highest BCUT2D eigenvalue weighted by Crippen LogP contribution is 2.29. The molecular formula is C15H27ClN4O3S. The molecule has 2 atom stereocenters. The largest absolute Gasteiger partial charge is 0.381 e. The predicted octanol–water partition coefficient (Wildman–Crippen LogP) is 1.40. The summed E-state index contributed by atoms with van der Waals surface area (Å²) in [5.41, 5.74) is 5.84. The molecule has 1 aromatic rings. The highest BCUT2D eigenvalue weighted by molar-refractivity contribution is 7.89. The number of rotatable bonds is 4. The van der Waals surface area contributed by atoms with E-state index < -0.39 is 10.0 Å². The summed E-state index contributed by atoms with van der Waals surface area (Å²) in [4.78, 5) is 0.275. The smallest absolute Gasteiger partial charge is 0.246 e. The fourth-order valence-electron chi connectivity index (χ4n) is 3.60. The second-order valence-corrected chi connectivity index (χ2v) is 8.43. The Labute approximate surface area is 150 Å². The molecule has 3 rings (SSSR count). The van der Waals surface area contributed by atoms with Gasteiger partial charge >= 0.3 is 0 Å². The molecule has 7 nitrogen and oxygen atoms in total. The molecule has 138 valence electrons. The molecule has 1 aromatic heterocycles. The molecule has 3 heterocycles. The number of piperidine rings is 1. The van der Waals surface area contributed by atoms with Crippen molar-refractivity contribution in [2.75, 3.05) is 26.3 Å². The molecule has 0 aromatic carbocycles. The van der Waals surface area contributed by atoms with Gasteiger partial charge in [0.15, 0.2) is 0 Å². The Morgan fingerprint density at radius 2 is 2.04 bits per heavy atom. The lowest BCUT2D eigenvalue weighted by Crippen LogP contribution is -2.51. The van der Waals surface area contributed by atoms with E-state index in [1.807, 2.05) is 0 Å². The van der Waals surface area contributed by atoms with Crippen molar-refractivity contribution in [3.8, 4) is 0 Å². The Bertz CT molecular complexity index is 630. The number of nitrogens with two attached hydrogens (primary N) is 1. The summed E-state index contributed by atoms with van der Waals surface area (Å²) in [6.45, 7) is 4.37. The van der Waals surface area contributed by atoms with Crippen LogP contribution in [0.5, 0.6) is 0 Å². The SMILES string of the molecule is CC1CCCN(S(=O)(=O)c2cnn(C3CCOCC3)c2)C1CN.Cl. The first-order valence-electron chi connectivity index (χ1n) is 8.38. The maximum absolute atomic E-state index is 13.0. The van der Waals surface area contributed by atoms with Crippen molar-refractivity contribution in [2.24, 2.45) is 11.7 Å². The number of nitrogens with zero attached hydrogens (tertiary/aromatic N) is 3. The Hall–Kier alpha value is -0.670. The van der Waals surface area contributed by atoms with Crippen molar-refractivity contribution in [2.45, 2.75) is 49.6 Å². The average molecular weight is 379 g/mol. The van der Waals surface area contributed by atoms with Gasteiger partial charge in [0.05, 0.1) is 12.2 Å². The summed E-state index contributed by atoms with van der Waals surface area (Å²) in [5.74, 6) is 0.286. The second-order valence-electron chi connectivity index (χ2n) is 6.54. The number of hydrogen-bond acceptors (Lipinski definition) is 5. The summed E-state index contributed by atoms with van der Waals surface area (Å²) in [6.07, 6.45) is 6.77. The molecule has 2 aliphatic heterocycles. The van der Waals surface area contributed by atoms with Gasteiger partial charge in [-0.05, 0) is 31.6 Å². The highest BCUT2D eigenvalue weighted by atomic mass is 35.5. The Balaban J connectivity index is 0.00000208. The molecule has 0 saturated carbocycles. The van der Waals surface area contributed by atoms with Gasteiger partial charge in [-0.15, -0.1) is 12.4 Å². The first kappa shape index (κ1) is 19.7. The van der Waals surface area contributed by atoms with E-state index in [0.717, 1.165) is 25.7 Å². The normalized spacial score (nSPS) is 26.9.